The molecule has 3 nitrogen and oxygen atoms in total. The molecule has 0 aliphatic heterocycles. The highest BCUT2D eigenvalue weighted by atomic mass is 35.5. The highest BCUT2D eigenvalue weighted by Crippen LogP contribution is 2.27. The summed E-state index contributed by atoms with van der Waals surface area (Å²) in [6.07, 6.45) is 0. The van der Waals surface area contributed by atoms with Gasteiger partial charge in [-0.25, -0.2) is 0 Å². The lowest BCUT2D eigenvalue weighted by Gasteiger charge is -2.05. The SMILES string of the molecule is CNC(=O)c1cc(Cl)cc(N)c1Cl. The minimum absolute atomic E-state index is 0.226. The molecule has 0 atom stereocenters. The highest BCUT2D eigenvalue weighted by molar-refractivity contribution is 6.38. The first-order valence-electron chi connectivity index (χ1n) is 3.53. The predicted octanol–water partition coefficient (Wildman–Crippen LogP) is 1.94. The van der Waals surface area contributed by atoms with Gasteiger partial charge in [0.25, 0.3) is 5.91 Å². The largest absolute Gasteiger partial charge is 0.397 e. The monoisotopic (exact) mass is 218 g/mol. The van der Waals surface area contributed by atoms with Gasteiger partial charge < -0.3 is 11.1 Å². The molecule has 0 aromatic heterocycles. The molecule has 13 heavy (non-hydrogen) atoms. The van der Waals surface area contributed by atoms with E-state index in [0.717, 1.165) is 0 Å². The molecule has 0 saturated carbocycles. The zero-order valence-electron chi connectivity index (χ0n) is 6.90. The molecular formula is C8H8Cl2N2O. The zero-order chi connectivity index (χ0) is 10.0. The second kappa shape index (κ2) is 3.85. The van der Waals surface area contributed by atoms with Crippen LogP contribution in [0.1, 0.15) is 10.4 Å². The number of rotatable bonds is 1. The van der Waals surface area contributed by atoms with Gasteiger partial charge >= 0.3 is 0 Å². The van der Waals surface area contributed by atoms with Crippen LogP contribution in [0.15, 0.2) is 12.1 Å². The summed E-state index contributed by atoms with van der Waals surface area (Å²) in [5, 5.41) is 3.05. The summed E-state index contributed by atoms with van der Waals surface area (Å²) in [5.41, 5.74) is 6.10. The van der Waals surface area contributed by atoms with Crippen LogP contribution in [0.4, 0.5) is 5.69 Å². The van der Waals surface area contributed by atoms with Gasteiger partial charge in [-0.15, -0.1) is 0 Å². The normalized spacial score (nSPS) is 9.77. The molecule has 5 heteroatoms. The van der Waals surface area contributed by atoms with Crippen LogP contribution in [0.3, 0.4) is 0 Å². The first kappa shape index (κ1) is 10.2. The van der Waals surface area contributed by atoms with E-state index in [2.05, 4.69) is 5.32 Å². The summed E-state index contributed by atoms with van der Waals surface area (Å²) >= 11 is 11.5. The van der Waals surface area contributed by atoms with Crippen molar-refractivity contribution in [1.82, 2.24) is 5.32 Å². The number of halogens is 2. The van der Waals surface area contributed by atoms with Crippen molar-refractivity contribution < 1.29 is 4.79 Å². The summed E-state index contributed by atoms with van der Waals surface area (Å²) in [7, 11) is 1.51. The molecule has 0 radical (unpaired) electrons. The van der Waals surface area contributed by atoms with Crippen molar-refractivity contribution in [3.8, 4) is 0 Å². The molecule has 0 aliphatic carbocycles. The number of anilines is 1. The van der Waals surface area contributed by atoms with Gasteiger partial charge in [-0.05, 0) is 12.1 Å². The number of nitrogens with two attached hydrogens (primary N) is 1. The van der Waals surface area contributed by atoms with E-state index in [4.69, 9.17) is 28.9 Å². The van der Waals surface area contributed by atoms with Gasteiger partial charge in [-0.3, -0.25) is 4.79 Å². The number of nitrogen functional groups attached to an aromatic ring is 1. The maximum absolute atomic E-state index is 11.2. The van der Waals surface area contributed by atoms with Crippen LogP contribution >= 0.6 is 23.2 Å². The number of hydrogen-bond donors (Lipinski definition) is 2. The maximum Gasteiger partial charge on any atom is 0.252 e. The van der Waals surface area contributed by atoms with E-state index in [1.807, 2.05) is 0 Å². The van der Waals surface area contributed by atoms with Crippen molar-refractivity contribution in [3.05, 3.63) is 27.7 Å². The van der Waals surface area contributed by atoms with Crippen LogP contribution in [-0.4, -0.2) is 13.0 Å². The number of carbonyl (C=O) groups excluding carboxylic acids is 1. The van der Waals surface area contributed by atoms with Gasteiger partial charge in [0, 0.05) is 12.1 Å². The van der Waals surface area contributed by atoms with Crippen molar-refractivity contribution in [2.45, 2.75) is 0 Å². The van der Waals surface area contributed by atoms with Crippen LogP contribution in [0.2, 0.25) is 10.0 Å². The molecule has 1 amide bonds. The standard InChI is InChI=1S/C8H8Cl2N2O/c1-12-8(13)5-2-4(9)3-6(11)7(5)10/h2-3H,11H2,1H3,(H,12,13). The first-order chi connectivity index (χ1) is 6.06. The lowest BCUT2D eigenvalue weighted by molar-refractivity contribution is 0.0963. The van der Waals surface area contributed by atoms with Crippen molar-refractivity contribution in [2.24, 2.45) is 0 Å². The van der Waals surface area contributed by atoms with Gasteiger partial charge in [0.15, 0.2) is 0 Å². The van der Waals surface area contributed by atoms with Gasteiger partial charge in [0.05, 0.1) is 16.3 Å². The Kier molecular flexibility index (Phi) is 3.01. The summed E-state index contributed by atoms with van der Waals surface area (Å²) in [6.45, 7) is 0. The third kappa shape index (κ3) is 2.05. The van der Waals surface area contributed by atoms with E-state index in [0.29, 0.717) is 10.7 Å². The molecule has 1 rings (SSSR count). The minimum atomic E-state index is -0.306. The van der Waals surface area contributed by atoms with E-state index in [1.165, 1.54) is 19.2 Å². The Hall–Kier alpha value is -0.930. The third-order valence-corrected chi connectivity index (χ3v) is 2.18. The fourth-order valence-electron chi connectivity index (χ4n) is 0.910. The molecule has 0 spiro atoms. The van der Waals surface area contributed by atoms with E-state index in [-0.39, 0.29) is 16.5 Å². The molecular weight excluding hydrogens is 211 g/mol. The Bertz CT molecular complexity index is 352. The third-order valence-electron chi connectivity index (χ3n) is 1.54. The van der Waals surface area contributed by atoms with Crippen LogP contribution < -0.4 is 11.1 Å². The number of carbonyl (C=O) groups is 1. The van der Waals surface area contributed by atoms with Crippen LogP contribution in [0.5, 0.6) is 0 Å². The van der Waals surface area contributed by atoms with Gasteiger partial charge in [-0.2, -0.15) is 0 Å². The Morgan fingerprint density at radius 3 is 2.62 bits per heavy atom. The topological polar surface area (TPSA) is 55.1 Å². The Morgan fingerprint density at radius 2 is 2.08 bits per heavy atom. The van der Waals surface area contributed by atoms with Crippen molar-refractivity contribution in [2.75, 3.05) is 12.8 Å². The van der Waals surface area contributed by atoms with Crippen molar-refractivity contribution in [3.63, 3.8) is 0 Å². The number of hydrogen-bond acceptors (Lipinski definition) is 2. The van der Waals surface area contributed by atoms with E-state index in [1.54, 1.807) is 0 Å². The fourth-order valence-corrected chi connectivity index (χ4v) is 1.33. The second-order valence-electron chi connectivity index (χ2n) is 2.44. The Morgan fingerprint density at radius 1 is 1.46 bits per heavy atom. The van der Waals surface area contributed by atoms with E-state index >= 15 is 0 Å². The van der Waals surface area contributed by atoms with Gasteiger partial charge in [-0.1, -0.05) is 23.2 Å². The first-order valence-corrected chi connectivity index (χ1v) is 4.28. The second-order valence-corrected chi connectivity index (χ2v) is 3.25. The zero-order valence-corrected chi connectivity index (χ0v) is 8.41. The molecule has 0 unspecified atom stereocenters. The molecule has 1 aromatic rings. The smallest absolute Gasteiger partial charge is 0.252 e. The summed E-state index contributed by atoms with van der Waals surface area (Å²) < 4.78 is 0. The quantitative estimate of drug-likeness (QED) is 0.709. The van der Waals surface area contributed by atoms with E-state index < -0.39 is 0 Å². The molecule has 0 bridgehead atoms. The highest BCUT2D eigenvalue weighted by Gasteiger charge is 2.11. The lowest BCUT2D eigenvalue weighted by atomic mass is 10.2. The molecule has 0 fully saturated rings. The van der Waals surface area contributed by atoms with Gasteiger partial charge in [0.1, 0.15) is 0 Å². The van der Waals surface area contributed by atoms with Crippen molar-refractivity contribution in [1.29, 1.82) is 0 Å². The average Bonchev–Trinajstić information content (AvgIpc) is 2.10. The van der Waals surface area contributed by atoms with Crippen LogP contribution in [-0.2, 0) is 0 Å². The maximum atomic E-state index is 11.2. The Balaban J connectivity index is 3.28. The molecule has 0 aliphatic rings. The number of benzene rings is 1. The Labute approximate surface area is 85.8 Å². The fraction of sp³-hybridized carbons (Fsp3) is 0.125. The number of nitrogens with one attached hydrogen (secondary N) is 1. The lowest BCUT2D eigenvalue weighted by Crippen LogP contribution is -2.18. The summed E-state index contributed by atoms with van der Waals surface area (Å²) in [4.78, 5) is 11.2. The predicted molar refractivity (Wildman–Crippen MR) is 54.3 cm³/mol. The molecule has 70 valence electrons. The van der Waals surface area contributed by atoms with E-state index in [9.17, 15) is 4.79 Å². The molecule has 1 aromatic carbocycles. The molecule has 0 saturated heterocycles. The van der Waals surface area contributed by atoms with Crippen LogP contribution in [0.25, 0.3) is 0 Å². The average molecular weight is 219 g/mol. The summed E-state index contributed by atoms with van der Waals surface area (Å²) in [6, 6.07) is 2.97. The summed E-state index contributed by atoms with van der Waals surface area (Å²) in [5.74, 6) is -0.306. The molecule has 0 heterocycles. The van der Waals surface area contributed by atoms with Gasteiger partial charge in [0.2, 0.25) is 0 Å². The van der Waals surface area contributed by atoms with Crippen LogP contribution in [0, 0.1) is 0 Å². The minimum Gasteiger partial charge on any atom is -0.397 e. The van der Waals surface area contributed by atoms with Crippen molar-refractivity contribution >= 4 is 34.8 Å². The molecule has 3 N–H and O–H groups in total. The number of amides is 1.